The lowest BCUT2D eigenvalue weighted by Gasteiger charge is -1.96. The third-order valence-electron chi connectivity index (χ3n) is 1.50. The first-order chi connectivity index (χ1) is 5.36. The van der Waals surface area contributed by atoms with Gasteiger partial charge in [0, 0.05) is 12.7 Å². The third-order valence-corrected chi connectivity index (χ3v) is 1.50. The van der Waals surface area contributed by atoms with Crippen LogP contribution < -0.4 is 0 Å². The quantitative estimate of drug-likeness (QED) is 0.654. The minimum Gasteiger partial charge on any atom is -0.271 e. The second-order valence-corrected chi connectivity index (χ2v) is 2.46. The van der Waals surface area contributed by atoms with Crippen LogP contribution in [0, 0.1) is 11.3 Å². The number of nitrogens with zero attached hydrogens (tertiary/aromatic N) is 3. The summed E-state index contributed by atoms with van der Waals surface area (Å²) < 4.78 is 1.81. The van der Waals surface area contributed by atoms with E-state index >= 15 is 0 Å². The molecule has 1 aromatic heterocycles. The van der Waals surface area contributed by atoms with Gasteiger partial charge in [-0.3, -0.25) is 4.68 Å². The van der Waals surface area contributed by atoms with E-state index in [1.54, 1.807) is 12.4 Å². The number of aryl methyl sites for hydroxylation is 1. The molecule has 0 aliphatic heterocycles. The van der Waals surface area contributed by atoms with E-state index in [2.05, 4.69) is 12.0 Å². The zero-order valence-corrected chi connectivity index (χ0v) is 6.62. The molecule has 0 saturated heterocycles. The molecule has 3 nitrogen and oxygen atoms in total. The van der Waals surface area contributed by atoms with Crippen molar-refractivity contribution in [1.82, 2.24) is 9.78 Å². The monoisotopic (exact) mass is 149 g/mol. The number of unbranched alkanes of at least 4 members (excludes halogenated alkanes) is 1. The van der Waals surface area contributed by atoms with Crippen molar-refractivity contribution in [3.05, 3.63) is 18.0 Å². The lowest BCUT2D eigenvalue weighted by molar-refractivity contribution is 0.572. The second-order valence-electron chi connectivity index (χ2n) is 2.46. The van der Waals surface area contributed by atoms with E-state index < -0.39 is 0 Å². The normalized spacial score (nSPS) is 9.45. The fraction of sp³-hybridized carbons (Fsp3) is 0.500. The van der Waals surface area contributed by atoms with Crippen molar-refractivity contribution in [3.8, 4) is 6.07 Å². The Morgan fingerprint density at radius 1 is 1.73 bits per heavy atom. The van der Waals surface area contributed by atoms with Crippen molar-refractivity contribution >= 4 is 0 Å². The highest BCUT2D eigenvalue weighted by Crippen LogP contribution is 1.97. The van der Waals surface area contributed by atoms with Crippen LogP contribution in [0.2, 0.25) is 0 Å². The summed E-state index contributed by atoms with van der Waals surface area (Å²) in [5, 5.41) is 12.5. The molecule has 0 aliphatic rings. The molecule has 1 heterocycles. The summed E-state index contributed by atoms with van der Waals surface area (Å²) in [5.74, 6) is 0. The largest absolute Gasteiger partial charge is 0.271 e. The predicted octanol–water partition coefficient (Wildman–Crippen LogP) is 1.55. The number of aromatic nitrogens is 2. The molecule has 0 N–H and O–H groups in total. The number of nitriles is 1. The standard InChI is InChI=1S/C8H11N3/c1-2-3-4-11-7-8(5-9)6-10-11/h6-7H,2-4H2,1H3. The molecule has 0 spiro atoms. The molecular formula is C8H11N3. The van der Waals surface area contributed by atoms with Gasteiger partial charge in [0.05, 0.1) is 11.8 Å². The average molecular weight is 149 g/mol. The molecule has 0 aromatic carbocycles. The van der Waals surface area contributed by atoms with Crippen LogP contribution in [-0.2, 0) is 6.54 Å². The first kappa shape index (κ1) is 7.80. The second kappa shape index (κ2) is 3.77. The van der Waals surface area contributed by atoms with Crippen LogP contribution in [0.1, 0.15) is 25.3 Å². The van der Waals surface area contributed by atoms with E-state index in [-0.39, 0.29) is 0 Å². The Hall–Kier alpha value is -1.30. The minimum absolute atomic E-state index is 0.640. The summed E-state index contributed by atoms with van der Waals surface area (Å²) in [4.78, 5) is 0. The molecule has 11 heavy (non-hydrogen) atoms. The maximum Gasteiger partial charge on any atom is 0.102 e. The first-order valence-corrected chi connectivity index (χ1v) is 3.79. The van der Waals surface area contributed by atoms with Gasteiger partial charge in [0.15, 0.2) is 0 Å². The van der Waals surface area contributed by atoms with Crippen molar-refractivity contribution in [2.45, 2.75) is 26.3 Å². The van der Waals surface area contributed by atoms with E-state index in [4.69, 9.17) is 5.26 Å². The fourth-order valence-electron chi connectivity index (χ4n) is 0.864. The average Bonchev–Trinajstić information content (AvgIpc) is 2.48. The first-order valence-electron chi connectivity index (χ1n) is 3.79. The van der Waals surface area contributed by atoms with Gasteiger partial charge in [0.25, 0.3) is 0 Å². The Kier molecular flexibility index (Phi) is 2.67. The minimum atomic E-state index is 0.640. The Balaban J connectivity index is 2.53. The zero-order valence-electron chi connectivity index (χ0n) is 6.62. The molecule has 1 aromatic rings. The van der Waals surface area contributed by atoms with Crippen LogP contribution in [0.5, 0.6) is 0 Å². The van der Waals surface area contributed by atoms with Crippen molar-refractivity contribution in [2.24, 2.45) is 0 Å². The molecule has 58 valence electrons. The van der Waals surface area contributed by atoms with Gasteiger partial charge in [-0.25, -0.2) is 0 Å². The molecule has 3 heteroatoms. The maximum atomic E-state index is 8.47. The highest BCUT2D eigenvalue weighted by atomic mass is 15.3. The van der Waals surface area contributed by atoms with Gasteiger partial charge >= 0.3 is 0 Å². The molecular weight excluding hydrogens is 138 g/mol. The molecule has 0 aliphatic carbocycles. The van der Waals surface area contributed by atoms with Gasteiger partial charge in [-0.15, -0.1) is 0 Å². The highest BCUT2D eigenvalue weighted by Gasteiger charge is 1.94. The number of hydrogen-bond donors (Lipinski definition) is 0. The summed E-state index contributed by atoms with van der Waals surface area (Å²) in [6, 6.07) is 2.04. The topological polar surface area (TPSA) is 41.6 Å². The van der Waals surface area contributed by atoms with Gasteiger partial charge in [0.2, 0.25) is 0 Å². The SMILES string of the molecule is CCCCn1cc(C#N)cn1. The van der Waals surface area contributed by atoms with Crippen molar-refractivity contribution < 1.29 is 0 Å². The smallest absolute Gasteiger partial charge is 0.102 e. The van der Waals surface area contributed by atoms with Crippen LogP contribution in [-0.4, -0.2) is 9.78 Å². The zero-order chi connectivity index (χ0) is 8.10. The summed E-state index contributed by atoms with van der Waals surface area (Å²) in [5.41, 5.74) is 0.640. The van der Waals surface area contributed by atoms with Crippen LogP contribution in [0.25, 0.3) is 0 Å². The van der Waals surface area contributed by atoms with Crippen LogP contribution in [0.3, 0.4) is 0 Å². The van der Waals surface area contributed by atoms with Crippen LogP contribution in [0.15, 0.2) is 12.4 Å². The summed E-state index contributed by atoms with van der Waals surface area (Å²) >= 11 is 0. The maximum absolute atomic E-state index is 8.47. The molecule has 0 atom stereocenters. The number of hydrogen-bond acceptors (Lipinski definition) is 2. The third kappa shape index (κ3) is 2.08. The lowest BCUT2D eigenvalue weighted by Crippen LogP contribution is -1.96. The van der Waals surface area contributed by atoms with E-state index in [0.717, 1.165) is 19.4 Å². The molecule has 0 radical (unpaired) electrons. The van der Waals surface area contributed by atoms with Gasteiger partial charge in [-0.05, 0) is 6.42 Å². The lowest BCUT2D eigenvalue weighted by atomic mass is 10.3. The van der Waals surface area contributed by atoms with Gasteiger partial charge in [0.1, 0.15) is 6.07 Å². The van der Waals surface area contributed by atoms with Crippen molar-refractivity contribution in [2.75, 3.05) is 0 Å². The Labute approximate surface area is 66.3 Å². The summed E-state index contributed by atoms with van der Waals surface area (Å²) in [6.07, 6.45) is 5.64. The summed E-state index contributed by atoms with van der Waals surface area (Å²) in [7, 11) is 0. The highest BCUT2D eigenvalue weighted by molar-refractivity contribution is 5.21. The van der Waals surface area contributed by atoms with Gasteiger partial charge in [-0.2, -0.15) is 10.4 Å². The van der Waals surface area contributed by atoms with Crippen molar-refractivity contribution in [3.63, 3.8) is 0 Å². The van der Waals surface area contributed by atoms with Crippen LogP contribution in [0.4, 0.5) is 0 Å². The molecule has 0 unspecified atom stereocenters. The summed E-state index contributed by atoms with van der Waals surface area (Å²) in [6.45, 7) is 3.05. The van der Waals surface area contributed by atoms with E-state index in [9.17, 15) is 0 Å². The van der Waals surface area contributed by atoms with Gasteiger partial charge < -0.3 is 0 Å². The van der Waals surface area contributed by atoms with E-state index in [1.165, 1.54) is 0 Å². The predicted molar refractivity (Wildman–Crippen MR) is 41.9 cm³/mol. The molecule has 0 saturated carbocycles. The molecule has 0 bridgehead atoms. The molecule has 0 amide bonds. The number of rotatable bonds is 3. The van der Waals surface area contributed by atoms with Crippen molar-refractivity contribution in [1.29, 1.82) is 5.26 Å². The molecule has 0 fully saturated rings. The van der Waals surface area contributed by atoms with Crippen LogP contribution >= 0.6 is 0 Å². The van der Waals surface area contributed by atoms with E-state index in [0.29, 0.717) is 5.56 Å². The Bertz CT molecular complexity index is 257. The Morgan fingerprint density at radius 3 is 3.09 bits per heavy atom. The van der Waals surface area contributed by atoms with Gasteiger partial charge in [-0.1, -0.05) is 13.3 Å². The molecule has 1 rings (SSSR count). The fourth-order valence-corrected chi connectivity index (χ4v) is 0.864. The Morgan fingerprint density at radius 2 is 2.55 bits per heavy atom. The van der Waals surface area contributed by atoms with E-state index in [1.807, 2.05) is 10.8 Å².